The molecule has 2 rings (SSSR count). The van der Waals surface area contributed by atoms with Crippen LogP contribution in [-0.4, -0.2) is 33.2 Å². The molecular weight excluding hydrogens is 276 g/mol. The molecule has 0 unspecified atom stereocenters. The Bertz CT molecular complexity index is 584. The lowest BCUT2D eigenvalue weighted by Gasteiger charge is -2.17. The fourth-order valence-electron chi connectivity index (χ4n) is 2.21. The van der Waals surface area contributed by atoms with E-state index in [1.54, 1.807) is 24.3 Å². The van der Waals surface area contributed by atoms with Gasteiger partial charge < -0.3 is 5.32 Å². The summed E-state index contributed by atoms with van der Waals surface area (Å²) in [4.78, 5) is 12.0. The molecule has 1 aliphatic heterocycles. The van der Waals surface area contributed by atoms with Crippen molar-refractivity contribution >= 4 is 21.6 Å². The smallest absolute Gasteiger partial charge is 0.251 e. The zero-order chi connectivity index (χ0) is 14.6. The van der Waals surface area contributed by atoms with E-state index in [0.29, 0.717) is 30.8 Å². The summed E-state index contributed by atoms with van der Waals surface area (Å²) in [7, 11) is -3.20. The molecule has 0 bridgehead atoms. The third-order valence-electron chi connectivity index (χ3n) is 3.31. The van der Waals surface area contributed by atoms with E-state index in [2.05, 4.69) is 12.2 Å². The summed E-state index contributed by atoms with van der Waals surface area (Å²) in [5.41, 5.74) is 1.08. The first kappa shape index (κ1) is 14.8. The van der Waals surface area contributed by atoms with Gasteiger partial charge in [0.15, 0.2) is 0 Å². The minimum absolute atomic E-state index is 0.156. The van der Waals surface area contributed by atoms with Crippen LogP contribution in [0.2, 0.25) is 0 Å². The average Bonchev–Trinajstić information content (AvgIpc) is 2.78. The number of hydrogen-bond donors (Lipinski definition) is 1. The van der Waals surface area contributed by atoms with Gasteiger partial charge in [-0.3, -0.25) is 9.10 Å². The largest absolute Gasteiger partial charge is 0.352 e. The zero-order valence-electron chi connectivity index (χ0n) is 11.6. The number of rotatable bonds is 5. The Morgan fingerprint density at radius 1 is 1.40 bits per heavy atom. The Morgan fingerprint density at radius 2 is 2.20 bits per heavy atom. The highest BCUT2D eigenvalue weighted by Gasteiger charge is 2.28. The van der Waals surface area contributed by atoms with Gasteiger partial charge in [0, 0.05) is 18.7 Å². The van der Waals surface area contributed by atoms with Crippen molar-refractivity contribution in [2.45, 2.75) is 26.2 Å². The quantitative estimate of drug-likeness (QED) is 0.842. The van der Waals surface area contributed by atoms with Crippen LogP contribution in [0.15, 0.2) is 24.3 Å². The topological polar surface area (TPSA) is 66.5 Å². The van der Waals surface area contributed by atoms with E-state index in [4.69, 9.17) is 0 Å². The molecule has 1 aromatic rings. The molecular formula is C14H20N2O3S. The number of nitrogens with zero attached hydrogens (tertiary/aromatic N) is 1. The standard InChI is InChI=1S/C14H20N2O3S/c1-2-3-8-15-14(17)12-6-4-7-13(11-12)16-9-5-10-20(16,18)19/h4,6-7,11H,2-3,5,8-10H2,1H3,(H,15,17). The second kappa shape index (κ2) is 6.26. The van der Waals surface area contributed by atoms with Gasteiger partial charge in [-0.15, -0.1) is 0 Å². The summed E-state index contributed by atoms with van der Waals surface area (Å²) in [6.07, 6.45) is 2.59. The van der Waals surface area contributed by atoms with E-state index in [9.17, 15) is 13.2 Å². The maximum atomic E-state index is 12.0. The molecule has 20 heavy (non-hydrogen) atoms. The molecule has 1 amide bonds. The second-order valence-electron chi connectivity index (χ2n) is 4.90. The fraction of sp³-hybridized carbons (Fsp3) is 0.500. The fourth-order valence-corrected chi connectivity index (χ4v) is 3.77. The molecule has 5 nitrogen and oxygen atoms in total. The van der Waals surface area contributed by atoms with Crippen LogP contribution in [0.25, 0.3) is 0 Å². The third kappa shape index (κ3) is 3.30. The van der Waals surface area contributed by atoms with Crippen molar-refractivity contribution in [2.24, 2.45) is 0 Å². The third-order valence-corrected chi connectivity index (χ3v) is 5.18. The second-order valence-corrected chi connectivity index (χ2v) is 6.91. The minimum atomic E-state index is -3.20. The average molecular weight is 296 g/mol. The molecule has 0 spiro atoms. The SMILES string of the molecule is CCCCNC(=O)c1cccc(N2CCCS2(=O)=O)c1. The molecule has 1 saturated heterocycles. The summed E-state index contributed by atoms with van der Waals surface area (Å²) in [5, 5.41) is 2.83. The van der Waals surface area contributed by atoms with Crippen molar-refractivity contribution in [3.63, 3.8) is 0 Å². The zero-order valence-corrected chi connectivity index (χ0v) is 12.4. The van der Waals surface area contributed by atoms with Crippen molar-refractivity contribution < 1.29 is 13.2 Å². The normalized spacial score (nSPS) is 17.1. The monoisotopic (exact) mass is 296 g/mol. The molecule has 1 aromatic carbocycles. The molecule has 1 N–H and O–H groups in total. The number of anilines is 1. The van der Waals surface area contributed by atoms with Gasteiger partial charge >= 0.3 is 0 Å². The van der Waals surface area contributed by atoms with Crippen LogP contribution in [-0.2, 0) is 10.0 Å². The Morgan fingerprint density at radius 3 is 2.85 bits per heavy atom. The van der Waals surface area contributed by atoms with E-state index >= 15 is 0 Å². The van der Waals surface area contributed by atoms with Crippen molar-refractivity contribution in [2.75, 3.05) is 23.1 Å². The molecule has 0 aromatic heterocycles. The predicted molar refractivity (Wildman–Crippen MR) is 79.4 cm³/mol. The summed E-state index contributed by atoms with van der Waals surface area (Å²) >= 11 is 0. The first-order valence-corrected chi connectivity index (χ1v) is 8.54. The summed E-state index contributed by atoms with van der Waals surface area (Å²) in [5.74, 6) is 0.0248. The van der Waals surface area contributed by atoms with Gasteiger partial charge in [-0.1, -0.05) is 19.4 Å². The van der Waals surface area contributed by atoms with E-state index in [0.717, 1.165) is 12.8 Å². The van der Waals surface area contributed by atoms with E-state index in [-0.39, 0.29) is 11.7 Å². The van der Waals surface area contributed by atoms with Gasteiger partial charge in [0.1, 0.15) is 0 Å². The minimum Gasteiger partial charge on any atom is -0.352 e. The van der Waals surface area contributed by atoms with Crippen LogP contribution >= 0.6 is 0 Å². The molecule has 1 fully saturated rings. The first-order valence-electron chi connectivity index (χ1n) is 6.93. The van der Waals surface area contributed by atoms with Crippen molar-refractivity contribution in [1.29, 1.82) is 0 Å². The van der Waals surface area contributed by atoms with Crippen LogP contribution in [0.1, 0.15) is 36.5 Å². The van der Waals surface area contributed by atoms with E-state index in [1.807, 2.05) is 0 Å². The lowest BCUT2D eigenvalue weighted by molar-refractivity contribution is 0.0953. The lowest BCUT2D eigenvalue weighted by atomic mass is 10.2. The Hall–Kier alpha value is -1.56. The van der Waals surface area contributed by atoms with Crippen LogP contribution < -0.4 is 9.62 Å². The van der Waals surface area contributed by atoms with Crippen LogP contribution in [0, 0.1) is 0 Å². The molecule has 6 heteroatoms. The number of nitrogens with one attached hydrogen (secondary N) is 1. The number of sulfonamides is 1. The summed E-state index contributed by atoms with van der Waals surface area (Å²) in [6.45, 7) is 3.19. The molecule has 1 aliphatic rings. The van der Waals surface area contributed by atoms with E-state index < -0.39 is 10.0 Å². The Labute approximate surface area is 120 Å². The maximum Gasteiger partial charge on any atom is 0.251 e. The van der Waals surface area contributed by atoms with Gasteiger partial charge in [0.25, 0.3) is 5.91 Å². The molecule has 1 heterocycles. The highest BCUT2D eigenvalue weighted by molar-refractivity contribution is 7.93. The molecule has 0 atom stereocenters. The van der Waals surface area contributed by atoms with Crippen LogP contribution in [0.3, 0.4) is 0 Å². The van der Waals surface area contributed by atoms with Gasteiger partial charge in [-0.25, -0.2) is 8.42 Å². The summed E-state index contributed by atoms with van der Waals surface area (Å²) in [6, 6.07) is 6.79. The van der Waals surface area contributed by atoms with E-state index in [1.165, 1.54) is 4.31 Å². The Kier molecular flexibility index (Phi) is 4.65. The van der Waals surface area contributed by atoms with Crippen LogP contribution in [0.5, 0.6) is 0 Å². The number of unbranched alkanes of at least 4 members (excludes halogenated alkanes) is 1. The molecule has 0 saturated carbocycles. The highest BCUT2D eigenvalue weighted by Crippen LogP contribution is 2.24. The van der Waals surface area contributed by atoms with Crippen molar-refractivity contribution in [3.8, 4) is 0 Å². The van der Waals surface area contributed by atoms with Gasteiger partial charge in [-0.05, 0) is 31.0 Å². The van der Waals surface area contributed by atoms with Gasteiger partial charge in [0.05, 0.1) is 11.4 Å². The number of carbonyl (C=O) groups excluding carboxylic acids is 1. The highest BCUT2D eigenvalue weighted by atomic mass is 32.2. The Balaban J connectivity index is 2.14. The number of benzene rings is 1. The first-order chi connectivity index (χ1) is 9.54. The van der Waals surface area contributed by atoms with Gasteiger partial charge in [0.2, 0.25) is 10.0 Å². The van der Waals surface area contributed by atoms with Crippen LogP contribution in [0.4, 0.5) is 5.69 Å². The number of hydrogen-bond acceptors (Lipinski definition) is 3. The number of amides is 1. The van der Waals surface area contributed by atoms with Gasteiger partial charge in [-0.2, -0.15) is 0 Å². The number of carbonyl (C=O) groups is 1. The lowest BCUT2D eigenvalue weighted by Crippen LogP contribution is -2.27. The summed E-state index contributed by atoms with van der Waals surface area (Å²) < 4.78 is 25.1. The molecule has 0 radical (unpaired) electrons. The predicted octanol–water partition coefficient (Wildman–Crippen LogP) is 1.76. The van der Waals surface area contributed by atoms with Crippen molar-refractivity contribution in [3.05, 3.63) is 29.8 Å². The molecule has 110 valence electrons. The molecule has 0 aliphatic carbocycles. The van der Waals surface area contributed by atoms with Crippen molar-refractivity contribution in [1.82, 2.24) is 5.32 Å². The maximum absolute atomic E-state index is 12.0.